The van der Waals surface area contributed by atoms with Crippen molar-refractivity contribution in [2.45, 2.75) is 19.5 Å². The zero-order chi connectivity index (χ0) is 14.7. The van der Waals surface area contributed by atoms with Crippen LogP contribution in [0, 0.1) is 0 Å². The van der Waals surface area contributed by atoms with Gasteiger partial charge in [0.05, 0.1) is 12.0 Å². The molecule has 0 aliphatic carbocycles. The van der Waals surface area contributed by atoms with E-state index in [1.54, 1.807) is 19.4 Å². The molecule has 0 radical (unpaired) electrons. The van der Waals surface area contributed by atoms with Crippen molar-refractivity contribution in [2.24, 2.45) is 0 Å². The Morgan fingerprint density at radius 2 is 2.35 bits per heavy atom. The molecule has 0 aliphatic heterocycles. The molecular formula is C12H15ClN4O3. The van der Waals surface area contributed by atoms with Gasteiger partial charge in [0.2, 0.25) is 5.28 Å². The zero-order valence-electron chi connectivity index (χ0n) is 11.1. The Kier molecular flexibility index (Phi) is 4.41. The second kappa shape index (κ2) is 6.06. The Labute approximate surface area is 120 Å². The minimum Gasteiger partial charge on any atom is -0.480 e. The number of methoxy groups -OCH3 is 1. The molecule has 0 fully saturated rings. The number of hydrogen-bond donors (Lipinski definition) is 2. The topological polar surface area (TPSA) is 89.3 Å². The second-order valence-electron chi connectivity index (χ2n) is 4.42. The number of carbonyl (C=O) groups is 1. The summed E-state index contributed by atoms with van der Waals surface area (Å²) in [4.78, 5) is 19.0. The Bertz CT molecular complexity index is 628. The summed E-state index contributed by atoms with van der Waals surface area (Å²) in [6, 6.07) is 1.80. The fourth-order valence-electron chi connectivity index (χ4n) is 1.95. The lowest BCUT2D eigenvalue weighted by atomic mass is 10.3. The number of rotatable bonds is 6. The van der Waals surface area contributed by atoms with Crippen LogP contribution in [0.15, 0.2) is 12.3 Å². The molecule has 0 aromatic carbocycles. The molecular weight excluding hydrogens is 284 g/mol. The third-order valence-corrected chi connectivity index (χ3v) is 2.87. The van der Waals surface area contributed by atoms with Gasteiger partial charge in [-0.1, -0.05) is 0 Å². The number of hydrogen-bond acceptors (Lipinski definition) is 5. The number of nitrogens with one attached hydrogen (secondary N) is 1. The molecule has 0 amide bonds. The molecule has 2 heterocycles. The van der Waals surface area contributed by atoms with Crippen molar-refractivity contribution < 1.29 is 14.6 Å². The lowest BCUT2D eigenvalue weighted by Crippen LogP contribution is -2.21. The maximum absolute atomic E-state index is 10.8. The first-order valence-corrected chi connectivity index (χ1v) is 6.38. The summed E-state index contributed by atoms with van der Waals surface area (Å²) in [6.45, 7) is 2.28. The van der Waals surface area contributed by atoms with Crippen LogP contribution < -0.4 is 5.32 Å². The van der Waals surface area contributed by atoms with Gasteiger partial charge in [-0.25, -0.2) is 4.98 Å². The molecule has 8 heteroatoms. The number of carboxylic acid groups (broad SMARTS) is 1. The first kappa shape index (κ1) is 14.5. The fraction of sp³-hybridized carbons (Fsp3) is 0.417. The van der Waals surface area contributed by atoms with Crippen LogP contribution in [-0.4, -0.2) is 45.4 Å². The van der Waals surface area contributed by atoms with Crippen LogP contribution in [-0.2, 0) is 16.1 Å². The van der Waals surface area contributed by atoms with E-state index in [2.05, 4.69) is 15.3 Å². The van der Waals surface area contributed by atoms with Crippen LogP contribution >= 0.6 is 11.6 Å². The summed E-state index contributed by atoms with van der Waals surface area (Å²) < 4.78 is 6.57. The van der Waals surface area contributed by atoms with Crippen molar-refractivity contribution in [1.29, 1.82) is 0 Å². The largest absolute Gasteiger partial charge is 0.480 e. The molecule has 0 bridgehead atoms. The SMILES string of the molecule is COC[C@H](C)Nc1nc(Cl)nc2c1ccn2CC(=O)O. The number of fused-ring (bicyclic) bond motifs is 1. The zero-order valence-corrected chi connectivity index (χ0v) is 11.9. The Morgan fingerprint density at radius 1 is 1.60 bits per heavy atom. The first-order valence-electron chi connectivity index (χ1n) is 6.01. The molecule has 20 heavy (non-hydrogen) atoms. The number of anilines is 1. The van der Waals surface area contributed by atoms with Crippen LogP contribution in [0.5, 0.6) is 0 Å². The van der Waals surface area contributed by atoms with E-state index in [0.717, 1.165) is 5.39 Å². The lowest BCUT2D eigenvalue weighted by molar-refractivity contribution is -0.137. The molecule has 0 aliphatic rings. The molecule has 2 aromatic heterocycles. The summed E-state index contributed by atoms with van der Waals surface area (Å²) in [5.41, 5.74) is 0.486. The van der Waals surface area contributed by atoms with Gasteiger partial charge in [-0.2, -0.15) is 4.98 Å². The standard InChI is InChI=1S/C12H15ClN4O3/c1-7(6-20-2)14-10-8-3-4-17(5-9(18)19)11(8)16-12(13)15-10/h3-4,7H,5-6H2,1-2H3,(H,18,19)(H,14,15,16)/t7-/m0/s1. The smallest absolute Gasteiger partial charge is 0.323 e. The summed E-state index contributed by atoms with van der Waals surface area (Å²) in [7, 11) is 1.62. The number of carboxylic acids is 1. The Morgan fingerprint density at radius 3 is 3.00 bits per heavy atom. The predicted octanol–water partition coefficient (Wildman–Crippen LogP) is 1.62. The summed E-state index contributed by atoms with van der Waals surface area (Å²) in [6.07, 6.45) is 1.65. The van der Waals surface area contributed by atoms with Crippen LogP contribution in [0.4, 0.5) is 5.82 Å². The van der Waals surface area contributed by atoms with Gasteiger partial charge in [-0.3, -0.25) is 4.79 Å². The van der Waals surface area contributed by atoms with E-state index in [-0.39, 0.29) is 17.9 Å². The predicted molar refractivity (Wildman–Crippen MR) is 75.1 cm³/mol. The highest BCUT2D eigenvalue weighted by Crippen LogP contribution is 2.23. The second-order valence-corrected chi connectivity index (χ2v) is 4.75. The highest BCUT2D eigenvalue weighted by Gasteiger charge is 2.14. The quantitative estimate of drug-likeness (QED) is 0.788. The number of aromatic nitrogens is 3. The van der Waals surface area contributed by atoms with Crippen molar-refractivity contribution >= 4 is 34.4 Å². The first-order chi connectivity index (χ1) is 9.51. The molecule has 0 saturated heterocycles. The van der Waals surface area contributed by atoms with Gasteiger partial charge >= 0.3 is 5.97 Å². The number of nitrogens with zero attached hydrogens (tertiary/aromatic N) is 3. The van der Waals surface area contributed by atoms with Crippen LogP contribution in [0.2, 0.25) is 5.28 Å². The number of aliphatic carboxylic acids is 1. The molecule has 0 saturated carbocycles. The average Bonchev–Trinajstić information content (AvgIpc) is 2.72. The van der Waals surface area contributed by atoms with Crippen molar-refractivity contribution in [3.63, 3.8) is 0 Å². The third-order valence-electron chi connectivity index (χ3n) is 2.70. The fourth-order valence-corrected chi connectivity index (χ4v) is 2.11. The molecule has 108 valence electrons. The highest BCUT2D eigenvalue weighted by molar-refractivity contribution is 6.28. The molecule has 1 atom stereocenters. The van der Waals surface area contributed by atoms with E-state index >= 15 is 0 Å². The monoisotopic (exact) mass is 298 g/mol. The van der Waals surface area contributed by atoms with E-state index in [9.17, 15) is 4.79 Å². The number of halogens is 1. The van der Waals surface area contributed by atoms with Crippen molar-refractivity contribution in [1.82, 2.24) is 14.5 Å². The van der Waals surface area contributed by atoms with Crippen LogP contribution in [0.3, 0.4) is 0 Å². The van der Waals surface area contributed by atoms with Gasteiger partial charge in [0.25, 0.3) is 0 Å². The molecule has 0 unspecified atom stereocenters. The molecule has 2 aromatic rings. The van der Waals surface area contributed by atoms with E-state index in [1.165, 1.54) is 4.57 Å². The third kappa shape index (κ3) is 3.17. The van der Waals surface area contributed by atoms with Crippen molar-refractivity contribution in [3.8, 4) is 0 Å². The molecule has 2 N–H and O–H groups in total. The van der Waals surface area contributed by atoms with E-state index in [1.807, 2.05) is 6.92 Å². The van der Waals surface area contributed by atoms with E-state index in [0.29, 0.717) is 18.1 Å². The van der Waals surface area contributed by atoms with Crippen molar-refractivity contribution in [3.05, 3.63) is 17.5 Å². The average molecular weight is 299 g/mol. The van der Waals surface area contributed by atoms with Gasteiger partial charge in [0, 0.05) is 19.3 Å². The van der Waals surface area contributed by atoms with Gasteiger partial charge in [-0.05, 0) is 24.6 Å². The maximum atomic E-state index is 10.8. The summed E-state index contributed by atoms with van der Waals surface area (Å²) in [5.74, 6) is -0.381. The minimum atomic E-state index is -0.945. The highest BCUT2D eigenvalue weighted by atomic mass is 35.5. The number of ether oxygens (including phenoxy) is 1. The lowest BCUT2D eigenvalue weighted by Gasteiger charge is -2.14. The van der Waals surface area contributed by atoms with Crippen LogP contribution in [0.1, 0.15) is 6.92 Å². The Balaban J connectivity index is 2.40. The van der Waals surface area contributed by atoms with E-state index in [4.69, 9.17) is 21.4 Å². The van der Waals surface area contributed by atoms with Gasteiger partial charge in [-0.15, -0.1) is 0 Å². The Hall–Kier alpha value is -1.86. The van der Waals surface area contributed by atoms with Gasteiger partial charge in [0.1, 0.15) is 18.0 Å². The minimum absolute atomic E-state index is 0.0389. The normalized spacial score (nSPS) is 12.6. The molecule has 7 nitrogen and oxygen atoms in total. The maximum Gasteiger partial charge on any atom is 0.323 e. The summed E-state index contributed by atoms with van der Waals surface area (Å²) >= 11 is 5.90. The van der Waals surface area contributed by atoms with E-state index < -0.39 is 5.97 Å². The van der Waals surface area contributed by atoms with Gasteiger partial charge in [0.15, 0.2) is 0 Å². The van der Waals surface area contributed by atoms with Gasteiger partial charge < -0.3 is 19.7 Å². The van der Waals surface area contributed by atoms with Crippen molar-refractivity contribution in [2.75, 3.05) is 19.0 Å². The molecule has 2 rings (SSSR count). The molecule has 0 spiro atoms. The summed E-state index contributed by atoms with van der Waals surface area (Å²) in [5, 5.41) is 12.8. The van der Waals surface area contributed by atoms with Crippen LogP contribution in [0.25, 0.3) is 11.0 Å².